The Kier molecular flexibility index (Phi) is 5.94. The third-order valence-electron chi connectivity index (χ3n) is 2.52. The summed E-state index contributed by atoms with van der Waals surface area (Å²) in [5.74, 6) is 1.00. The van der Waals surface area contributed by atoms with Gasteiger partial charge >= 0.3 is 0 Å². The molecule has 17 heavy (non-hydrogen) atoms. The maximum atomic E-state index is 5.60. The van der Waals surface area contributed by atoms with Crippen LogP contribution in [0.5, 0.6) is 0 Å². The Balaban J connectivity index is 2.58. The Morgan fingerprint density at radius 3 is 2.88 bits per heavy atom. The van der Waals surface area contributed by atoms with Gasteiger partial charge in [-0.05, 0) is 38.4 Å². The first-order valence-corrected chi connectivity index (χ1v) is 6.12. The van der Waals surface area contributed by atoms with Gasteiger partial charge in [0.2, 0.25) is 0 Å². The zero-order chi connectivity index (χ0) is 12.7. The molecule has 96 valence electrons. The highest BCUT2D eigenvalue weighted by Crippen LogP contribution is 2.15. The summed E-state index contributed by atoms with van der Waals surface area (Å²) in [6.45, 7) is 6.29. The van der Waals surface area contributed by atoms with Crippen molar-refractivity contribution < 1.29 is 4.74 Å². The molecular formula is C13H23N3O. The van der Waals surface area contributed by atoms with Gasteiger partial charge in [-0.3, -0.25) is 0 Å². The molecule has 0 aliphatic heterocycles. The Labute approximate surface area is 104 Å². The van der Waals surface area contributed by atoms with Gasteiger partial charge in [0.05, 0.1) is 12.7 Å². The van der Waals surface area contributed by atoms with Gasteiger partial charge in [0.15, 0.2) is 0 Å². The maximum absolute atomic E-state index is 5.60. The summed E-state index contributed by atoms with van der Waals surface area (Å²) >= 11 is 0. The van der Waals surface area contributed by atoms with Crippen molar-refractivity contribution in [3.8, 4) is 0 Å². The van der Waals surface area contributed by atoms with E-state index in [1.165, 1.54) is 5.56 Å². The molecule has 2 N–H and O–H groups in total. The van der Waals surface area contributed by atoms with Crippen LogP contribution in [0.15, 0.2) is 18.3 Å². The minimum absolute atomic E-state index is 0.274. The zero-order valence-electron chi connectivity index (χ0n) is 11.0. The smallest absolute Gasteiger partial charge is 0.131 e. The number of pyridine rings is 1. The average molecular weight is 237 g/mol. The number of hydrogen-bond donors (Lipinski definition) is 1. The number of ether oxygens (including phenoxy) is 1. The first-order valence-electron chi connectivity index (χ1n) is 6.12. The van der Waals surface area contributed by atoms with Crippen LogP contribution < -0.4 is 10.6 Å². The number of aromatic nitrogens is 1. The van der Waals surface area contributed by atoms with Gasteiger partial charge in [0, 0.05) is 19.8 Å². The summed E-state index contributed by atoms with van der Waals surface area (Å²) < 4.78 is 5.54. The van der Waals surface area contributed by atoms with Crippen LogP contribution in [0.25, 0.3) is 0 Å². The van der Waals surface area contributed by atoms with E-state index in [9.17, 15) is 0 Å². The molecule has 4 nitrogen and oxygen atoms in total. The van der Waals surface area contributed by atoms with Crippen molar-refractivity contribution in [2.45, 2.75) is 26.4 Å². The number of nitrogens with zero attached hydrogens (tertiary/aromatic N) is 2. The second-order valence-electron chi connectivity index (χ2n) is 4.37. The van der Waals surface area contributed by atoms with Crippen molar-refractivity contribution in [3.63, 3.8) is 0 Å². The number of likely N-dealkylation sites (N-methyl/N-ethyl adjacent to an activating group) is 1. The second kappa shape index (κ2) is 7.25. The average Bonchev–Trinajstić information content (AvgIpc) is 2.29. The largest absolute Gasteiger partial charge is 0.377 e. The van der Waals surface area contributed by atoms with Crippen molar-refractivity contribution in [1.29, 1.82) is 0 Å². The van der Waals surface area contributed by atoms with Crippen molar-refractivity contribution in [3.05, 3.63) is 23.9 Å². The highest BCUT2D eigenvalue weighted by molar-refractivity contribution is 5.46. The van der Waals surface area contributed by atoms with E-state index in [2.05, 4.69) is 16.0 Å². The minimum Gasteiger partial charge on any atom is -0.377 e. The molecule has 0 aliphatic rings. The minimum atomic E-state index is 0.274. The second-order valence-corrected chi connectivity index (χ2v) is 4.37. The SMILES string of the molecule is CC(C)OCCN(C)c1ncccc1CCN. The molecule has 0 spiro atoms. The van der Waals surface area contributed by atoms with Gasteiger partial charge in [-0.25, -0.2) is 4.98 Å². The fourth-order valence-corrected chi connectivity index (χ4v) is 1.66. The molecule has 4 heteroatoms. The van der Waals surface area contributed by atoms with Gasteiger partial charge in [-0.2, -0.15) is 0 Å². The monoisotopic (exact) mass is 237 g/mol. The standard InChI is InChI=1S/C13H23N3O/c1-11(2)17-10-9-16(3)13-12(6-7-14)5-4-8-15-13/h4-5,8,11H,6-7,9-10,14H2,1-3H3. The molecule has 0 aromatic carbocycles. The van der Waals surface area contributed by atoms with E-state index >= 15 is 0 Å². The molecule has 0 unspecified atom stereocenters. The van der Waals surface area contributed by atoms with Gasteiger partial charge in [-0.15, -0.1) is 0 Å². The Bertz CT molecular complexity index is 328. The molecule has 0 amide bonds. The van der Waals surface area contributed by atoms with Crippen molar-refractivity contribution in [2.24, 2.45) is 5.73 Å². The highest BCUT2D eigenvalue weighted by atomic mass is 16.5. The normalized spacial score (nSPS) is 10.9. The molecule has 1 rings (SSSR count). The van der Waals surface area contributed by atoms with E-state index in [4.69, 9.17) is 10.5 Å². The number of rotatable bonds is 7. The fourth-order valence-electron chi connectivity index (χ4n) is 1.66. The molecule has 0 saturated heterocycles. The van der Waals surface area contributed by atoms with E-state index in [0.717, 1.165) is 18.8 Å². The van der Waals surface area contributed by atoms with Crippen LogP contribution in [0, 0.1) is 0 Å². The lowest BCUT2D eigenvalue weighted by Crippen LogP contribution is -2.26. The summed E-state index contributed by atoms with van der Waals surface area (Å²) in [5.41, 5.74) is 6.79. The first-order chi connectivity index (χ1) is 8.15. The third kappa shape index (κ3) is 4.71. The lowest BCUT2D eigenvalue weighted by Gasteiger charge is -2.21. The topological polar surface area (TPSA) is 51.4 Å². The quantitative estimate of drug-likeness (QED) is 0.779. The zero-order valence-corrected chi connectivity index (χ0v) is 11.0. The molecular weight excluding hydrogens is 214 g/mol. The van der Waals surface area contributed by atoms with Crippen LogP contribution in [0.1, 0.15) is 19.4 Å². The van der Waals surface area contributed by atoms with Gasteiger partial charge in [-0.1, -0.05) is 6.07 Å². The fraction of sp³-hybridized carbons (Fsp3) is 0.615. The van der Waals surface area contributed by atoms with Crippen molar-refractivity contribution >= 4 is 5.82 Å². The molecule has 1 aromatic heterocycles. The van der Waals surface area contributed by atoms with E-state index in [0.29, 0.717) is 13.2 Å². The predicted octanol–water partition coefficient (Wildman–Crippen LogP) is 1.44. The summed E-state index contributed by atoms with van der Waals surface area (Å²) in [5, 5.41) is 0. The molecule has 0 aliphatic carbocycles. The van der Waals surface area contributed by atoms with Crippen molar-refractivity contribution in [2.75, 3.05) is 31.6 Å². The molecule has 0 atom stereocenters. The van der Waals surface area contributed by atoms with Crippen LogP contribution in [-0.4, -0.2) is 37.8 Å². The van der Waals surface area contributed by atoms with E-state index in [1.54, 1.807) is 0 Å². The predicted molar refractivity (Wildman–Crippen MR) is 71.4 cm³/mol. The van der Waals surface area contributed by atoms with E-state index in [1.807, 2.05) is 33.2 Å². The van der Waals surface area contributed by atoms with Crippen molar-refractivity contribution in [1.82, 2.24) is 4.98 Å². The number of hydrogen-bond acceptors (Lipinski definition) is 4. The summed E-state index contributed by atoms with van der Waals surface area (Å²) in [4.78, 5) is 6.53. The molecule has 0 fully saturated rings. The van der Waals surface area contributed by atoms with Crippen LogP contribution >= 0.6 is 0 Å². The van der Waals surface area contributed by atoms with Crippen LogP contribution in [0.4, 0.5) is 5.82 Å². The maximum Gasteiger partial charge on any atom is 0.131 e. The van der Waals surface area contributed by atoms with Crippen LogP contribution in [-0.2, 0) is 11.2 Å². The Morgan fingerprint density at radius 1 is 1.47 bits per heavy atom. The molecule has 0 bridgehead atoms. The van der Waals surface area contributed by atoms with E-state index < -0.39 is 0 Å². The summed E-state index contributed by atoms with van der Waals surface area (Å²) in [7, 11) is 2.03. The lowest BCUT2D eigenvalue weighted by atomic mass is 10.2. The number of anilines is 1. The Morgan fingerprint density at radius 2 is 2.24 bits per heavy atom. The lowest BCUT2D eigenvalue weighted by molar-refractivity contribution is 0.0845. The summed E-state index contributed by atoms with van der Waals surface area (Å²) in [6, 6.07) is 4.03. The van der Waals surface area contributed by atoms with E-state index in [-0.39, 0.29) is 6.10 Å². The number of nitrogens with two attached hydrogens (primary N) is 1. The molecule has 1 heterocycles. The van der Waals surface area contributed by atoms with Crippen LogP contribution in [0.3, 0.4) is 0 Å². The van der Waals surface area contributed by atoms with Gasteiger partial charge < -0.3 is 15.4 Å². The first kappa shape index (κ1) is 13.9. The Hall–Kier alpha value is -1.13. The van der Waals surface area contributed by atoms with Gasteiger partial charge in [0.1, 0.15) is 5.82 Å². The van der Waals surface area contributed by atoms with Crippen LogP contribution in [0.2, 0.25) is 0 Å². The molecule has 0 saturated carbocycles. The third-order valence-corrected chi connectivity index (χ3v) is 2.52. The van der Waals surface area contributed by atoms with Gasteiger partial charge in [0.25, 0.3) is 0 Å². The molecule has 1 aromatic rings. The highest BCUT2D eigenvalue weighted by Gasteiger charge is 2.07. The molecule has 0 radical (unpaired) electrons. The summed E-state index contributed by atoms with van der Waals surface area (Å²) in [6.07, 6.45) is 2.95.